The van der Waals surface area contributed by atoms with Crippen LogP contribution in [0.15, 0.2) is 78.9 Å². The highest BCUT2D eigenvalue weighted by Gasteiger charge is 2.30. The zero-order valence-electron chi connectivity index (χ0n) is 14.6. The summed E-state index contributed by atoms with van der Waals surface area (Å²) in [5.41, 5.74) is 4.18. The number of nitrogens with one attached hydrogen (secondary N) is 3. The van der Waals surface area contributed by atoms with E-state index in [1.54, 1.807) is 0 Å². The van der Waals surface area contributed by atoms with Gasteiger partial charge in [0, 0.05) is 29.2 Å². The van der Waals surface area contributed by atoms with Gasteiger partial charge in [-0.05, 0) is 48.0 Å². The Hall–Kier alpha value is -3.60. The van der Waals surface area contributed by atoms with Gasteiger partial charge >= 0.3 is 0 Å². The first kappa shape index (κ1) is 16.8. The van der Waals surface area contributed by atoms with E-state index in [2.05, 4.69) is 16.0 Å². The first-order valence-corrected chi connectivity index (χ1v) is 8.81. The quantitative estimate of drug-likeness (QED) is 0.644. The number of anilines is 4. The minimum Gasteiger partial charge on any atom is -0.356 e. The van der Waals surface area contributed by atoms with E-state index in [1.165, 1.54) is 0 Å². The van der Waals surface area contributed by atoms with Gasteiger partial charge in [-0.15, -0.1) is 0 Å². The van der Waals surface area contributed by atoms with Crippen LogP contribution in [0, 0.1) is 0 Å². The van der Waals surface area contributed by atoms with Gasteiger partial charge in [0.25, 0.3) is 0 Å². The van der Waals surface area contributed by atoms with Gasteiger partial charge in [0.2, 0.25) is 11.8 Å². The van der Waals surface area contributed by atoms with Crippen LogP contribution in [-0.4, -0.2) is 11.8 Å². The van der Waals surface area contributed by atoms with E-state index in [0.29, 0.717) is 11.4 Å². The molecule has 1 aliphatic heterocycles. The van der Waals surface area contributed by atoms with Crippen LogP contribution in [0.1, 0.15) is 17.9 Å². The van der Waals surface area contributed by atoms with Crippen molar-refractivity contribution < 1.29 is 9.59 Å². The topological polar surface area (TPSA) is 70.2 Å². The van der Waals surface area contributed by atoms with Crippen LogP contribution in [0.25, 0.3) is 0 Å². The molecule has 1 heterocycles. The van der Waals surface area contributed by atoms with Crippen LogP contribution in [0.2, 0.25) is 0 Å². The molecule has 2 amide bonds. The summed E-state index contributed by atoms with van der Waals surface area (Å²) in [6.45, 7) is 0. The molecule has 0 aliphatic carbocycles. The molecule has 27 heavy (non-hydrogen) atoms. The number of hydrogen-bond acceptors (Lipinski definition) is 3. The number of carbonyl (C=O) groups is 2. The average molecular weight is 357 g/mol. The number of hydrogen-bond donors (Lipinski definition) is 3. The zero-order chi connectivity index (χ0) is 18.6. The van der Waals surface area contributed by atoms with Crippen LogP contribution in [0.5, 0.6) is 0 Å². The Morgan fingerprint density at radius 3 is 2.22 bits per heavy atom. The lowest BCUT2D eigenvalue weighted by molar-refractivity contribution is -0.123. The molecule has 1 atom stereocenters. The predicted octanol–water partition coefficient (Wildman–Crippen LogP) is 4.49. The lowest BCUT2D eigenvalue weighted by Crippen LogP contribution is -2.30. The molecule has 5 nitrogen and oxygen atoms in total. The number of carbonyl (C=O) groups excluding carboxylic acids is 2. The first-order chi connectivity index (χ1) is 13.2. The van der Waals surface area contributed by atoms with E-state index in [0.717, 1.165) is 16.9 Å². The van der Waals surface area contributed by atoms with Gasteiger partial charge in [-0.1, -0.05) is 36.4 Å². The second-order valence-electron chi connectivity index (χ2n) is 6.45. The highest BCUT2D eigenvalue weighted by molar-refractivity contribution is 6.05. The molecule has 1 aliphatic rings. The van der Waals surface area contributed by atoms with E-state index in [9.17, 15) is 9.59 Å². The fourth-order valence-corrected chi connectivity index (χ4v) is 3.20. The summed E-state index contributed by atoms with van der Waals surface area (Å²) in [5.74, 6) is -0.811. The summed E-state index contributed by atoms with van der Waals surface area (Å²) in [5, 5.41) is 9.03. The van der Waals surface area contributed by atoms with Gasteiger partial charge in [0.15, 0.2) is 0 Å². The van der Waals surface area contributed by atoms with E-state index < -0.39 is 5.92 Å². The lowest BCUT2D eigenvalue weighted by Gasteiger charge is -2.24. The van der Waals surface area contributed by atoms with Crippen LogP contribution in [0.3, 0.4) is 0 Å². The van der Waals surface area contributed by atoms with Gasteiger partial charge in [0.05, 0.1) is 5.92 Å². The highest BCUT2D eigenvalue weighted by Crippen LogP contribution is 2.33. The summed E-state index contributed by atoms with van der Waals surface area (Å²) in [6.07, 6.45) is 0.149. The minimum absolute atomic E-state index is 0.142. The van der Waals surface area contributed by atoms with Crippen LogP contribution in [0.4, 0.5) is 22.7 Å². The third-order valence-corrected chi connectivity index (χ3v) is 4.53. The molecule has 134 valence electrons. The Bertz CT molecular complexity index is 968. The smallest absolute Gasteiger partial charge is 0.232 e. The Kier molecular flexibility index (Phi) is 4.58. The van der Waals surface area contributed by atoms with Gasteiger partial charge < -0.3 is 16.0 Å². The molecule has 4 rings (SSSR count). The predicted molar refractivity (Wildman–Crippen MR) is 107 cm³/mol. The second kappa shape index (κ2) is 7.33. The van der Waals surface area contributed by atoms with Crippen molar-refractivity contribution in [1.29, 1.82) is 0 Å². The molecule has 0 fully saturated rings. The Morgan fingerprint density at radius 2 is 1.44 bits per heavy atom. The Morgan fingerprint density at radius 1 is 0.815 bits per heavy atom. The summed E-state index contributed by atoms with van der Waals surface area (Å²) in [4.78, 5) is 24.7. The van der Waals surface area contributed by atoms with Crippen LogP contribution < -0.4 is 16.0 Å². The lowest BCUT2D eigenvalue weighted by atomic mass is 9.90. The second-order valence-corrected chi connectivity index (χ2v) is 6.45. The number of amides is 2. The fourth-order valence-electron chi connectivity index (χ4n) is 3.20. The van der Waals surface area contributed by atoms with Gasteiger partial charge in [-0.25, -0.2) is 0 Å². The molecule has 3 N–H and O–H groups in total. The van der Waals surface area contributed by atoms with Gasteiger partial charge in [-0.3, -0.25) is 9.59 Å². The SMILES string of the molecule is O=C1CC(C(=O)Nc2ccc(Nc3ccccc3)cc2)c2ccccc2N1. The summed E-state index contributed by atoms with van der Waals surface area (Å²) < 4.78 is 0. The molecule has 3 aromatic rings. The van der Waals surface area contributed by atoms with Crippen molar-refractivity contribution in [3.05, 3.63) is 84.4 Å². The average Bonchev–Trinajstić information content (AvgIpc) is 2.69. The largest absolute Gasteiger partial charge is 0.356 e. The number of rotatable bonds is 4. The van der Waals surface area contributed by atoms with E-state index >= 15 is 0 Å². The molecule has 0 spiro atoms. The normalized spacial score (nSPS) is 15.4. The number of para-hydroxylation sites is 2. The minimum atomic E-state index is -0.489. The summed E-state index contributed by atoms with van der Waals surface area (Å²) in [6, 6.07) is 24.8. The van der Waals surface area contributed by atoms with Crippen molar-refractivity contribution in [2.24, 2.45) is 0 Å². The first-order valence-electron chi connectivity index (χ1n) is 8.81. The van der Waals surface area contributed by atoms with Gasteiger partial charge in [-0.2, -0.15) is 0 Å². The number of fused-ring (bicyclic) bond motifs is 1. The van der Waals surface area contributed by atoms with Crippen molar-refractivity contribution in [3.8, 4) is 0 Å². The van der Waals surface area contributed by atoms with Crippen molar-refractivity contribution >= 4 is 34.6 Å². The molecule has 0 bridgehead atoms. The molecule has 0 saturated carbocycles. The van der Waals surface area contributed by atoms with Crippen molar-refractivity contribution in [3.63, 3.8) is 0 Å². The molecule has 5 heteroatoms. The Labute approximate surface area is 157 Å². The molecule has 3 aromatic carbocycles. The molecule has 0 saturated heterocycles. The summed E-state index contributed by atoms with van der Waals surface area (Å²) >= 11 is 0. The van der Waals surface area contributed by atoms with Gasteiger partial charge in [0.1, 0.15) is 0 Å². The van der Waals surface area contributed by atoms with Crippen molar-refractivity contribution in [1.82, 2.24) is 0 Å². The molecule has 0 radical (unpaired) electrons. The molecular formula is C22H19N3O2. The van der Waals surface area contributed by atoms with Crippen LogP contribution in [-0.2, 0) is 9.59 Å². The fraction of sp³-hybridized carbons (Fsp3) is 0.0909. The van der Waals surface area contributed by atoms with E-state index in [4.69, 9.17) is 0 Å². The van der Waals surface area contributed by atoms with E-state index in [1.807, 2.05) is 78.9 Å². The monoisotopic (exact) mass is 357 g/mol. The maximum atomic E-state index is 12.7. The van der Waals surface area contributed by atoms with Crippen molar-refractivity contribution in [2.75, 3.05) is 16.0 Å². The zero-order valence-corrected chi connectivity index (χ0v) is 14.6. The number of benzene rings is 3. The molecule has 1 unspecified atom stereocenters. The maximum Gasteiger partial charge on any atom is 0.232 e. The third kappa shape index (κ3) is 3.82. The standard InChI is InChI=1S/C22H19N3O2/c26-21-14-19(18-8-4-5-9-20(18)25-21)22(27)24-17-12-10-16(11-13-17)23-15-6-2-1-3-7-15/h1-13,19,23H,14H2,(H,24,27)(H,25,26). The maximum absolute atomic E-state index is 12.7. The third-order valence-electron chi connectivity index (χ3n) is 4.53. The van der Waals surface area contributed by atoms with Crippen molar-refractivity contribution in [2.45, 2.75) is 12.3 Å². The van der Waals surface area contributed by atoms with E-state index in [-0.39, 0.29) is 18.2 Å². The summed E-state index contributed by atoms with van der Waals surface area (Å²) in [7, 11) is 0. The molecule has 0 aromatic heterocycles. The van der Waals surface area contributed by atoms with Crippen LogP contribution >= 0.6 is 0 Å². The Balaban J connectivity index is 1.46. The molecular weight excluding hydrogens is 338 g/mol. The highest BCUT2D eigenvalue weighted by atomic mass is 16.2.